The van der Waals surface area contributed by atoms with E-state index in [4.69, 9.17) is 18.9 Å². The number of ether oxygens (including phenoxy) is 4. The molecule has 1 N–H and O–H groups in total. The van der Waals surface area contributed by atoms with Gasteiger partial charge in [0.2, 0.25) is 5.91 Å². The van der Waals surface area contributed by atoms with Crippen LogP contribution >= 0.6 is 0 Å². The summed E-state index contributed by atoms with van der Waals surface area (Å²) in [4.78, 5) is 11.8. The van der Waals surface area contributed by atoms with Crippen molar-refractivity contribution < 1.29 is 23.7 Å². The SMILES string of the molecule is O=C(COCCOc1ccccc1)NCC1COC2(CCCCC2)O1. The third-order valence-corrected chi connectivity index (χ3v) is 4.53. The number of carbonyl (C=O) groups is 1. The van der Waals surface area contributed by atoms with Crippen molar-refractivity contribution in [3.63, 3.8) is 0 Å². The molecule has 1 aliphatic heterocycles. The summed E-state index contributed by atoms with van der Waals surface area (Å²) in [5, 5.41) is 2.85. The molecule has 1 heterocycles. The maximum atomic E-state index is 11.8. The van der Waals surface area contributed by atoms with E-state index in [0.717, 1.165) is 31.4 Å². The van der Waals surface area contributed by atoms with Gasteiger partial charge in [-0.05, 0) is 25.0 Å². The van der Waals surface area contributed by atoms with E-state index in [9.17, 15) is 4.79 Å². The zero-order chi connectivity index (χ0) is 17.4. The van der Waals surface area contributed by atoms with Crippen molar-refractivity contribution in [2.45, 2.75) is 44.0 Å². The molecule has 1 saturated heterocycles. The van der Waals surface area contributed by atoms with Gasteiger partial charge in [0.1, 0.15) is 25.1 Å². The van der Waals surface area contributed by atoms with Gasteiger partial charge in [-0.15, -0.1) is 0 Å². The fourth-order valence-electron chi connectivity index (χ4n) is 3.25. The maximum absolute atomic E-state index is 11.8. The third-order valence-electron chi connectivity index (χ3n) is 4.53. The minimum atomic E-state index is -0.390. The van der Waals surface area contributed by atoms with Crippen LogP contribution < -0.4 is 10.1 Å². The minimum absolute atomic E-state index is 0.0247. The molecule has 1 spiro atoms. The van der Waals surface area contributed by atoms with E-state index >= 15 is 0 Å². The summed E-state index contributed by atoms with van der Waals surface area (Å²) in [6.07, 6.45) is 5.41. The number of carbonyl (C=O) groups excluding carboxylic acids is 1. The van der Waals surface area contributed by atoms with E-state index in [1.807, 2.05) is 30.3 Å². The van der Waals surface area contributed by atoms with E-state index in [-0.39, 0.29) is 24.4 Å². The largest absolute Gasteiger partial charge is 0.491 e. The van der Waals surface area contributed by atoms with Crippen LogP contribution in [0.15, 0.2) is 30.3 Å². The Morgan fingerprint density at radius 1 is 1.16 bits per heavy atom. The van der Waals surface area contributed by atoms with Gasteiger partial charge >= 0.3 is 0 Å². The Morgan fingerprint density at radius 3 is 2.76 bits per heavy atom. The Morgan fingerprint density at radius 2 is 1.96 bits per heavy atom. The van der Waals surface area contributed by atoms with Gasteiger partial charge in [0.05, 0.1) is 13.2 Å². The van der Waals surface area contributed by atoms with Gasteiger partial charge in [-0.3, -0.25) is 4.79 Å². The molecular weight excluding hydrogens is 322 g/mol. The molecule has 6 heteroatoms. The highest BCUT2D eigenvalue weighted by atomic mass is 16.7. The highest BCUT2D eigenvalue weighted by Crippen LogP contribution is 2.37. The Bertz CT molecular complexity index is 530. The lowest BCUT2D eigenvalue weighted by Gasteiger charge is -2.31. The van der Waals surface area contributed by atoms with Crippen LogP contribution in [0.3, 0.4) is 0 Å². The number of hydrogen-bond acceptors (Lipinski definition) is 5. The first kappa shape index (κ1) is 18.2. The maximum Gasteiger partial charge on any atom is 0.246 e. The van der Waals surface area contributed by atoms with E-state index in [2.05, 4.69) is 5.32 Å². The number of benzene rings is 1. The Labute approximate surface area is 148 Å². The molecule has 25 heavy (non-hydrogen) atoms. The molecule has 1 unspecified atom stereocenters. The molecule has 2 fully saturated rings. The standard InChI is InChI=1S/C19H27NO5/c21-18(15-22-11-12-23-16-7-3-1-4-8-16)20-13-17-14-24-19(25-17)9-5-2-6-10-19/h1,3-4,7-8,17H,2,5-6,9-15H2,(H,20,21). The molecule has 138 valence electrons. The van der Waals surface area contributed by atoms with Gasteiger partial charge in [-0.1, -0.05) is 24.6 Å². The molecule has 1 aliphatic carbocycles. The van der Waals surface area contributed by atoms with Gasteiger partial charge in [0, 0.05) is 19.4 Å². The summed E-state index contributed by atoms with van der Waals surface area (Å²) in [6.45, 7) is 1.82. The second-order valence-electron chi connectivity index (χ2n) is 6.54. The first-order valence-corrected chi connectivity index (χ1v) is 9.10. The zero-order valence-corrected chi connectivity index (χ0v) is 14.6. The molecule has 1 atom stereocenters. The molecular formula is C19H27NO5. The van der Waals surface area contributed by atoms with E-state index in [1.165, 1.54) is 6.42 Å². The Balaban J connectivity index is 1.24. The van der Waals surface area contributed by atoms with Gasteiger partial charge in [0.25, 0.3) is 0 Å². The molecule has 0 bridgehead atoms. The average molecular weight is 349 g/mol. The van der Waals surface area contributed by atoms with Crippen LogP contribution in [-0.2, 0) is 19.0 Å². The first-order chi connectivity index (χ1) is 12.3. The van der Waals surface area contributed by atoms with E-state index in [1.54, 1.807) is 0 Å². The molecule has 6 nitrogen and oxygen atoms in total. The Kier molecular flexibility index (Phi) is 6.67. The molecule has 1 aromatic carbocycles. The van der Waals surface area contributed by atoms with E-state index in [0.29, 0.717) is 26.4 Å². The second-order valence-corrected chi connectivity index (χ2v) is 6.54. The predicted molar refractivity (Wildman–Crippen MR) is 92.4 cm³/mol. The Hall–Kier alpha value is -1.63. The fourth-order valence-corrected chi connectivity index (χ4v) is 3.25. The van der Waals surface area contributed by atoms with Crippen molar-refractivity contribution in [2.75, 3.05) is 33.0 Å². The molecule has 0 radical (unpaired) electrons. The summed E-state index contributed by atoms with van der Waals surface area (Å²) < 4.78 is 22.7. The van der Waals surface area contributed by atoms with Gasteiger partial charge in [-0.25, -0.2) is 0 Å². The molecule has 1 amide bonds. The van der Waals surface area contributed by atoms with Crippen molar-refractivity contribution in [2.24, 2.45) is 0 Å². The van der Waals surface area contributed by atoms with Crippen molar-refractivity contribution in [3.05, 3.63) is 30.3 Å². The van der Waals surface area contributed by atoms with Gasteiger partial charge in [0.15, 0.2) is 5.79 Å². The summed E-state index contributed by atoms with van der Waals surface area (Å²) in [5.74, 6) is 0.261. The highest BCUT2D eigenvalue weighted by molar-refractivity contribution is 5.77. The van der Waals surface area contributed by atoms with Crippen molar-refractivity contribution in [3.8, 4) is 5.75 Å². The smallest absolute Gasteiger partial charge is 0.246 e. The normalized spacial score (nSPS) is 22.0. The zero-order valence-electron chi connectivity index (χ0n) is 14.6. The number of hydrogen-bond donors (Lipinski definition) is 1. The van der Waals surface area contributed by atoms with Crippen LogP contribution in [-0.4, -0.2) is 50.8 Å². The van der Waals surface area contributed by atoms with Crippen LogP contribution in [0.2, 0.25) is 0 Å². The lowest BCUT2D eigenvalue weighted by Crippen LogP contribution is -2.38. The van der Waals surface area contributed by atoms with Crippen LogP contribution in [0.5, 0.6) is 5.75 Å². The van der Waals surface area contributed by atoms with Crippen LogP contribution in [0, 0.1) is 0 Å². The van der Waals surface area contributed by atoms with Crippen molar-refractivity contribution in [1.29, 1.82) is 0 Å². The van der Waals surface area contributed by atoms with Crippen LogP contribution in [0.4, 0.5) is 0 Å². The second kappa shape index (κ2) is 9.17. The third kappa shape index (κ3) is 5.70. The number of rotatable bonds is 8. The topological polar surface area (TPSA) is 66.0 Å². The lowest BCUT2D eigenvalue weighted by molar-refractivity contribution is -0.186. The van der Waals surface area contributed by atoms with Gasteiger partial charge in [-0.2, -0.15) is 0 Å². The van der Waals surface area contributed by atoms with Crippen LogP contribution in [0.25, 0.3) is 0 Å². The molecule has 3 rings (SSSR count). The monoisotopic (exact) mass is 349 g/mol. The van der Waals surface area contributed by atoms with Crippen LogP contribution in [0.1, 0.15) is 32.1 Å². The first-order valence-electron chi connectivity index (χ1n) is 9.10. The average Bonchev–Trinajstić information content (AvgIpc) is 3.03. The highest BCUT2D eigenvalue weighted by Gasteiger charge is 2.42. The minimum Gasteiger partial charge on any atom is -0.491 e. The van der Waals surface area contributed by atoms with E-state index < -0.39 is 0 Å². The summed E-state index contributed by atoms with van der Waals surface area (Å²) >= 11 is 0. The molecule has 1 saturated carbocycles. The molecule has 2 aliphatic rings. The predicted octanol–water partition coefficient (Wildman–Crippen LogP) is 2.27. The quantitative estimate of drug-likeness (QED) is 0.730. The number of amides is 1. The number of para-hydroxylation sites is 1. The summed E-state index contributed by atoms with van der Waals surface area (Å²) in [5.41, 5.74) is 0. The number of nitrogens with one attached hydrogen (secondary N) is 1. The molecule has 1 aromatic rings. The summed E-state index contributed by atoms with van der Waals surface area (Å²) in [6, 6.07) is 9.53. The van der Waals surface area contributed by atoms with Gasteiger partial charge < -0.3 is 24.3 Å². The summed E-state index contributed by atoms with van der Waals surface area (Å²) in [7, 11) is 0. The van der Waals surface area contributed by atoms with Crippen molar-refractivity contribution >= 4 is 5.91 Å². The lowest BCUT2D eigenvalue weighted by atomic mass is 9.94. The molecule has 0 aromatic heterocycles. The fraction of sp³-hybridized carbons (Fsp3) is 0.632. The van der Waals surface area contributed by atoms with Crippen molar-refractivity contribution in [1.82, 2.24) is 5.32 Å².